The van der Waals surface area contributed by atoms with Gasteiger partial charge < -0.3 is 14.8 Å². The van der Waals surface area contributed by atoms with E-state index in [1.54, 1.807) is 12.1 Å². The molecule has 170 valence electrons. The molecule has 0 saturated heterocycles. The highest BCUT2D eigenvalue weighted by Gasteiger charge is 2.27. The first-order valence-corrected chi connectivity index (χ1v) is 10.9. The first-order chi connectivity index (χ1) is 15.7. The first kappa shape index (κ1) is 22.6. The van der Waals surface area contributed by atoms with Crippen LogP contribution in [-0.2, 0) is 11.3 Å². The fraction of sp³-hybridized carbons (Fsp3) is 0.250. The molecule has 3 aromatic rings. The number of halogens is 1. The van der Waals surface area contributed by atoms with Crippen LogP contribution in [0, 0.1) is 12.7 Å². The van der Waals surface area contributed by atoms with E-state index in [2.05, 4.69) is 32.2 Å². The smallest absolute Gasteiger partial charge is 0.338 e. The molecule has 1 heterocycles. The van der Waals surface area contributed by atoms with Crippen molar-refractivity contribution in [3.63, 3.8) is 0 Å². The van der Waals surface area contributed by atoms with Crippen molar-refractivity contribution in [3.05, 3.63) is 88.7 Å². The molecule has 0 saturated carbocycles. The summed E-state index contributed by atoms with van der Waals surface area (Å²) in [6.07, 6.45) is 2.16. The number of aryl methyl sites for hydroxylation is 1. The zero-order valence-corrected chi connectivity index (χ0v) is 19.6. The van der Waals surface area contributed by atoms with Crippen LogP contribution >= 0.6 is 0 Å². The van der Waals surface area contributed by atoms with Crippen molar-refractivity contribution in [2.45, 2.75) is 39.8 Å². The average Bonchev–Trinajstić information content (AvgIpc) is 2.76. The van der Waals surface area contributed by atoms with Gasteiger partial charge in [0.1, 0.15) is 18.2 Å². The Bertz CT molecular complexity index is 1260. The maximum absolute atomic E-state index is 13.9. The Morgan fingerprint density at radius 1 is 1.03 bits per heavy atom. The lowest BCUT2D eigenvalue weighted by atomic mass is 9.85. The summed E-state index contributed by atoms with van der Waals surface area (Å²) in [6.45, 7) is 8.22. The van der Waals surface area contributed by atoms with E-state index in [9.17, 15) is 9.18 Å². The van der Waals surface area contributed by atoms with E-state index in [0.29, 0.717) is 11.3 Å². The molecule has 0 fully saturated rings. The number of methoxy groups -OCH3 is 1. The van der Waals surface area contributed by atoms with Crippen molar-refractivity contribution in [2.75, 3.05) is 12.4 Å². The van der Waals surface area contributed by atoms with Crippen molar-refractivity contribution in [2.24, 2.45) is 0 Å². The molecule has 0 unspecified atom stereocenters. The third-order valence-electron chi connectivity index (χ3n) is 5.91. The molecule has 0 aliphatic carbocycles. The molecule has 0 amide bonds. The summed E-state index contributed by atoms with van der Waals surface area (Å²) in [6, 6.07) is 15.8. The summed E-state index contributed by atoms with van der Waals surface area (Å²) in [7, 11) is 1.52. The molecule has 0 spiro atoms. The summed E-state index contributed by atoms with van der Waals surface area (Å²) < 4.78 is 25.2. The van der Waals surface area contributed by atoms with E-state index in [1.165, 1.54) is 19.2 Å². The number of rotatable bonds is 5. The Balaban J connectivity index is 1.83. The highest BCUT2D eigenvalue weighted by molar-refractivity contribution is 5.92. The lowest BCUT2D eigenvalue weighted by molar-refractivity contribution is 0.0472. The van der Waals surface area contributed by atoms with Gasteiger partial charge >= 0.3 is 5.97 Å². The van der Waals surface area contributed by atoms with Crippen LogP contribution in [0.2, 0.25) is 0 Å². The minimum Gasteiger partial charge on any atom is -0.496 e. The molecule has 4 rings (SSSR count). The van der Waals surface area contributed by atoms with Crippen LogP contribution in [0.25, 0.3) is 16.7 Å². The van der Waals surface area contributed by atoms with E-state index in [-0.39, 0.29) is 23.9 Å². The number of carbonyl (C=O) groups excluding carboxylic acids is 1. The molecule has 1 N–H and O–H groups in total. The molecule has 1 aliphatic heterocycles. The number of hydrogen-bond acceptors (Lipinski definition) is 4. The summed E-state index contributed by atoms with van der Waals surface area (Å²) in [5.41, 5.74) is 6.63. The topological polar surface area (TPSA) is 47.6 Å². The molecule has 0 radical (unpaired) electrons. The largest absolute Gasteiger partial charge is 0.496 e. The number of anilines is 1. The maximum Gasteiger partial charge on any atom is 0.338 e. The van der Waals surface area contributed by atoms with Crippen LogP contribution in [-0.4, -0.2) is 18.6 Å². The second kappa shape index (κ2) is 8.74. The average molecular weight is 446 g/mol. The SMILES string of the molecule is COc1cc(F)ccc1-c1ccc2c(c1COC(=O)c1ccccc1C)C(C)=CC(C)(C)N2. The fourth-order valence-corrected chi connectivity index (χ4v) is 4.51. The molecule has 1 aliphatic rings. The number of ether oxygens (including phenoxy) is 2. The molecule has 5 heteroatoms. The number of benzene rings is 3. The van der Waals surface area contributed by atoms with E-state index < -0.39 is 0 Å². The zero-order chi connectivity index (χ0) is 23.8. The number of nitrogens with one attached hydrogen (secondary N) is 1. The van der Waals surface area contributed by atoms with Crippen LogP contribution in [0.1, 0.15) is 47.8 Å². The normalized spacial score (nSPS) is 14.1. The summed E-state index contributed by atoms with van der Waals surface area (Å²) in [4.78, 5) is 12.9. The summed E-state index contributed by atoms with van der Waals surface area (Å²) >= 11 is 0. The van der Waals surface area contributed by atoms with Crippen LogP contribution < -0.4 is 10.1 Å². The standard InChI is InChI=1S/C28H28FNO3/c1-17-8-6-7-9-20(17)27(31)33-16-23-21(22-11-10-19(29)14-25(22)32-5)12-13-24-26(23)18(2)15-28(3,4)30-24/h6-15,30H,16H2,1-5H3. The van der Waals surface area contributed by atoms with Crippen molar-refractivity contribution in [1.29, 1.82) is 0 Å². The van der Waals surface area contributed by atoms with Gasteiger partial charge in [-0.3, -0.25) is 0 Å². The van der Waals surface area contributed by atoms with Crippen molar-refractivity contribution < 1.29 is 18.7 Å². The molecule has 3 aromatic carbocycles. The maximum atomic E-state index is 13.9. The van der Waals surface area contributed by atoms with Gasteiger partial charge in [0, 0.05) is 28.4 Å². The number of hydrogen-bond donors (Lipinski definition) is 1. The molecule has 33 heavy (non-hydrogen) atoms. The van der Waals surface area contributed by atoms with Crippen molar-refractivity contribution in [3.8, 4) is 16.9 Å². The van der Waals surface area contributed by atoms with Gasteiger partial charge in [0.05, 0.1) is 18.2 Å². The molecular weight excluding hydrogens is 417 g/mol. The van der Waals surface area contributed by atoms with E-state index in [1.807, 2.05) is 37.3 Å². The van der Waals surface area contributed by atoms with Gasteiger partial charge in [0.15, 0.2) is 0 Å². The highest BCUT2D eigenvalue weighted by Crippen LogP contribution is 2.42. The minimum absolute atomic E-state index is 0.0689. The first-order valence-electron chi connectivity index (χ1n) is 10.9. The van der Waals surface area contributed by atoms with Crippen molar-refractivity contribution >= 4 is 17.2 Å². The lowest BCUT2D eigenvalue weighted by Crippen LogP contribution is -2.32. The molecule has 4 nitrogen and oxygen atoms in total. The molecular formula is C28H28FNO3. The number of allylic oxidation sites excluding steroid dienone is 1. The monoisotopic (exact) mass is 445 g/mol. The van der Waals surface area contributed by atoms with Crippen molar-refractivity contribution in [1.82, 2.24) is 0 Å². The van der Waals surface area contributed by atoms with E-state index >= 15 is 0 Å². The van der Waals surface area contributed by atoms with E-state index in [4.69, 9.17) is 9.47 Å². The Hall–Kier alpha value is -3.60. The third-order valence-corrected chi connectivity index (χ3v) is 5.91. The Morgan fingerprint density at radius 2 is 1.76 bits per heavy atom. The zero-order valence-electron chi connectivity index (χ0n) is 19.6. The number of esters is 1. The van der Waals surface area contributed by atoms with Crippen LogP contribution in [0.4, 0.5) is 10.1 Å². The molecule has 0 aromatic heterocycles. The lowest BCUT2D eigenvalue weighted by Gasteiger charge is -2.33. The van der Waals surface area contributed by atoms with Gasteiger partial charge in [0.25, 0.3) is 0 Å². The van der Waals surface area contributed by atoms with Gasteiger partial charge in [-0.05, 0) is 68.7 Å². The van der Waals surface area contributed by atoms with Gasteiger partial charge in [-0.1, -0.05) is 30.3 Å². The number of carbonyl (C=O) groups is 1. The van der Waals surface area contributed by atoms with E-state index in [0.717, 1.165) is 39.1 Å². The molecule has 0 bridgehead atoms. The second-order valence-electron chi connectivity index (χ2n) is 8.92. The Labute approximate surface area is 194 Å². The van der Waals surface area contributed by atoms with Crippen LogP contribution in [0.15, 0.2) is 60.7 Å². The highest BCUT2D eigenvalue weighted by atomic mass is 19.1. The van der Waals surface area contributed by atoms with Gasteiger partial charge in [0.2, 0.25) is 0 Å². The van der Waals surface area contributed by atoms with Gasteiger partial charge in [-0.25, -0.2) is 9.18 Å². The predicted octanol–water partition coefficient (Wildman–Crippen LogP) is 6.77. The second-order valence-corrected chi connectivity index (χ2v) is 8.92. The van der Waals surface area contributed by atoms with Gasteiger partial charge in [-0.15, -0.1) is 0 Å². The van der Waals surface area contributed by atoms with Gasteiger partial charge in [-0.2, -0.15) is 0 Å². The molecule has 0 atom stereocenters. The number of fused-ring (bicyclic) bond motifs is 1. The third kappa shape index (κ3) is 4.49. The Kier molecular flexibility index (Phi) is 5.98. The predicted molar refractivity (Wildman–Crippen MR) is 130 cm³/mol. The summed E-state index contributed by atoms with van der Waals surface area (Å²) in [5.74, 6) is -0.332. The minimum atomic E-state index is -0.381. The quantitative estimate of drug-likeness (QED) is 0.440. The Morgan fingerprint density at radius 3 is 2.48 bits per heavy atom. The van der Waals surface area contributed by atoms with Crippen LogP contribution in [0.5, 0.6) is 5.75 Å². The summed E-state index contributed by atoms with van der Waals surface area (Å²) in [5, 5.41) is 3.54. The fourth-order valence-electron chi connectivity index (χ4n) is 4.51. The van der Waals surface area contributed by atoms with Crippen LogP contribution in [0.3, 0.4) is 0 Å².